The predicted molar refractivity (Wildman–Crippen MR) is 73.2 cm³/mol. The predicted octanol–water partition coefficient (Wildman–Crippen LogP) is 1.76. The van der Waals surface area contributed by atoms with Crippen molar-refractivity contribution in [2.24, 2.45) is 0 Å². The summed E-state index contributed by atoms with van der Waals surface area (Å²) in [7, 11) is 0. The number of hydrogen-bond acceptors (Lipinski definition) is 4. The second-order valence-electron chi connectivity index (χ2n) is 6.47. The van der Waals surface area contributed by atoms with Crippen molar-refractivity contribution >= 4 is 6.09 Å². The first-order chi connectivity index (χ1) is 8.96. The van der Waals surface area contributed by atoms with Crippen molar-refractivity contribution < 1.29 is 14.3 Å². The van der Waals surface area contributed by atoms with E-state index in [1.54, 1.807) is 0 Å². The molecule has 0 aromatic heterocycles. The highest BCUT2D eigenvalue weighted by Crippen LogP contribution is 2.18. The van der Waals surface area contributed by atoms with E-state index in [0.717, 1.165) is 19.5 Å². The number of carbonyl (C=O) groups excluding carboxylic acids is 1. The van der Waals surface area contributed by atoms with Gasteiger partial charge in [0.2, 0.25) is 0 Å². The Hall–Kier alpha value is -0.810. The van der Waals surface area contributed by atoms with Gasteiger partial charge in [0.15, 0.2) is 0 Å². The quantitative estimate of drug-likeness (QED) is 0.849. The van der Waals surface area contributed by atoms with Gasteiger partial charge in [0.25, 0.3) is 0 Å². The molecular weight excluding hydrogens is 244 g/mol. The molecule has 0 spiro atoms. The van der Waals surface area contributed by atoms with E-state index in [9.17, 15) is 4.79 Å². The molecule has 2 rings (SSSR count). The SMILES string of the molecule is CC(C)(C)OC(=O)N(CC1CCCCN1)C1COC1. The largest absolute Gasteiger partial charge is 0.444 e. The van der Waals surface area contributed by atoms with Crippen molar-refractivity contribution in [1.29, 1.82) is 0 Å². The Balaban J connectivity index is 1.92. The Morgan fingerprint density at radius 3 is 2.58 bits per heavy atom. The van der Waals surface area contributed by atoms with Crippen LogP contribution in [0, 0.1) is 0 Å². The third-order valence-corrected chi connectivity index (χ3v) is 3.52. The Morgan fingerprint density at radius 2 is 2.11 bits per heavy atom. The summed E-state index contributed by atoms with van der Waals surface area (Å²) in [6.07, 6.45) is 3.39. The topological polar surface area (TPSA) is 50.8 Å². The highest BCUT2D eigenvalue weighted by molar-refractivity contribution is 5.68. The molecule has 110 valence electrons. The van der Waals surface area contributed by atoms with Gasteiger partial charge in [-0.25, -0.2) is 4.79 Å². The molecule has 1 amide bonds. The van der Waals surface area contributed by atoms with Gasteiger partial charge in [0, 0.05) is 12.6 Å². The molecule has 1 atom stereocenters. The van der Waals surface area contributed by atoms with Crippen molar-refractivity contribution in [1.82, 2.24) is 10.2 Å². The first-order valence-electron chi connectivity index (χ1n) is 7.26. The van der Waals surface area contributed by atoms with Crippen LogP contribution in [0.3, 0.4) is 0 Å². The fourth-order valence-electron chi connectivity index (χ4n) is 2.41. The molecule has 0 bridgehead atoms. The molecule has 1 N–H and O–H groups in total. The van der Waals surface area contributed by atoms with Crippen LogP contribution in [0.25, 0.3) is 0 Å². The summed E-state index contributed by atoms with van der Waals surface area (Å²) in [6, 6.07) is 0.570. The maximum absolute atomic E-state index is 12.3. The molecule has 5 nitrogen and oxygen atoms in total. The van der Waals surface area contributed by atoms with Gasteiger partial charge in [-0.3, -0.25) is 4.90 Å². The summed E-state index contributed by atoms with van der Waals surface area (Å²) in [5, 5.41) is 3.48. The molecule has 2 aliphatic heterocycles. The molecule has 19 heavy (non-hydrogen) atoms. The number of amides is 1. The van der Waals surface area contributed by atoms with E-state index < -0.39 is 5.60 Å². The maximum atomic E-state index is 12.3. The Labute approximate surface area is 115 Å². The summed E-state index contributed by atoms with van der Waals surface area (Å²) in [5.41, 5.74) is -0.445. The number of ether oxygens (including phenoxy) is 2. The normalized spacial score (nSPS) is 24.7. The monoisotopic (exact) mass is 270 g/mol. The molecule has 2 saturated heterocycles. The summed E-state index contributed by atoms with van der Waals surface area (Å²) in [4.78, 5) is 14.1. The number of nitrogens with one attached hydrogen (secondary N) is 1. The fraction of sp³-hybridized carbons (Fsp3) is 0.929. The lowest BCUT2D eigenvalue weighted by Crippen LogP contribution is -2.57. The number of nitrogens with zero attached hydrogens (tertiary/aromatic N) is 1. The zero-order valence-corrected chi connectivity index (χ0v) is 12.3. The van der Waals surface area contributed by atoms with Gasteiger partial charge in [-0.15, -0.1) is 0 Å². The Morgan fingerprint density at radius 1 is 1.37 bits per heavy atom. The van der Waals surface area contributed by atoms with E-state index in [0.29, 0.717) is 19.3 Å². The number of carbonyl (C=O) groups is 1. The lowest BCUT2D eigenvalue weighted by Gasteiger charge is -2.40. The van der Waals surface area contributed by atoms with Crippen LogP contribution in [0.15, 0.2) is 0 Å². The van der Waals surface area contributed by atoms with E-state index in [1.165, 1.54) is 12.8 Å². The summed E-state index contributed by atoms with van der Waals surface area (Å²) >= 11 is 0. The molecule has 0 aliphatic carbocycles. The van der Waals surface area contributed by atoms with Crippen molar-refractivity contribution in [2.45, 2.75) is 57.7 Å². The minimum atomic E-state index is -0.445. The average Bonchev–Trinajstić information content (AvgIpc) is 2.25. The molecular formula is C14H26N2O3. The van der Waals surface area contributed by atoms with Crippen LogP contribution in [0.2, 0.25) is 0 Å². The third-order valence-electron chi connectivity index (χ3n) is 3.52. The first kappa shape index (κ1) is 14.6. The first-order valence-corrected chi connectivity index (χ1v) is 7.26. The van der Waals surface area contributed by atoms with Gasteiger partial charge in [0.05, 0.1) is 19.3 Å². The van der Waals surface area contributed by atoms with E-state index in [2.05, 4.69) is 5.32 Å². The molecule has 0 aromatic carbocycles. The molecule has 0 saturated carbocycles. The average molecular weight is 270 g/mol. The van der Waals surface area contributed by atoms with Crippen LogP contribution in [0.5, 0.6) is 0 Å². The maximum Gasteiger partial charge on any atom is 0.410 e. The lowest BCUT2D eigenvalue weighted by atomic mass is 10.0. The lowest BCUT2D eigenvalue weighted by molar-refractivity contribution is -0.0729. The molecule has 0 aromatic rings. The second-order valence-corrected chi connectivity index (χ2v) is 6.47. The van der Waals surface area contributed by atoms with Crippen LogP contribution >= 0.6 is 0 Å². The smallest absolute Gasteiger partial charge is 0.410 e. The number of hydrogen-bond donors (Lipinski definition) is 1. The number of piperidine rings is 1. The Kier molecular flexibility index (Phi) is 4.68. The van der Waals surface area contributed by atoms with Crippen molar-refractivity contribution in [3.8, 4) is 0 Å². The van der Waals surface area contributed by atoms with Crippen LogP contribution in [-0.2, 0) is 9.47 Å². The zero-order chi connectivity index (χ0) is 13.9. The summed E-state index contributed by atoms with van der Waals surface area (Å²) in [6.45, 7) is 8.74. The van der Waals surface area contributed by atoms with Crippen LogP contribution in [0.1, 0.15) is 40.0 Å². The van der Waals surface area contributed by atoms with Gasteiger partial charge < -0.3 is 14.8 Å². The second kappa shape index (κ2) is 6.09. The van der Waals surface area contributed by atoms with Gasteiger partial charge in [-0.2, -0.15) is 0 Å². The minimum Gasteiger partial charge on any atom is -0.444 e. The summed E-state index contributed by atoms with van der Waals surface area (Å²) < 4.78 is 10.7. The van der Waals surface area contributed by atoms with Gasteiger partial charge in [0.1, 0.15) is 5.60 Å². The standard InChI is InChI=1S/C14H26N2O3/c1-14(2,3)19-13(17)16(12-9-18-10-12)8-11-6-4-5-7-15-11/h11-12,15H,4-10H2,1-3H3. The van der Waals surface area contributed by atoms with Crippen molar-refractivity contribution in [2.75, 3.05) is 26.3 Å². The molecule has 1 unspecified atom stereocenters. The van der Waals surface area contributed by atoms with E-state index in [4.69, 9.17) is 9.47 Å². The van der Waals surface area contributed by atoms with Gasteiger partial charge >= 0.3 is 6.09 Å². The van der Waals surface area contributed by atoms with Crippen LogP contribution in [-0.4, -0.2) is 55.0 Å². The van der Waals surface area contributed by atoms with Gasteiger partial charge in [-0.1, -0.05) is 6.42 Å². The molecule has 5 heteroatoms. The zero-order valence-electron chi connectivity index (χ0n) is 12.3. The van der Waals surface area contributed by atoms with Crippen LogP contribution < -0.4 is 5.32 Å². The van der Waals surface area contributed by atoms with Gasteiger partial charge in [-0.05, 0) is 40.2 Å². The van der Waals surface area contributed by atoms with E-state index in [1.807, 2.05) is 25.7 Å². The summed E-state index contributed by atoms with van der Waals surface area (Å²) in [5.74, 6) is 0. The van der Waals surface area contributed by atoms with E-state index in [-0.39, 0.29) is 12.1 Å². The number of rotatable bonds is 3. The Bertz CT molecular complexity index is 304. The van der Waals surface area contributed by atoms with Crippen molar-refractivity contribution in [3.63, 3.8) is 0 Å². The molecule has 2 heterocycles. The minimum absolute atomic E-state index is 0.179. The molecule has 0 radical (unpaired) electrons. The van der Waals surface area contributed by atoms with Crippen LogP contribution in [0.4, 0.5) is 4.79 Å². The fourth-order valence-corrected chi connectivity index (χ4v) is 2.41. The molecule has 2 aliphatic rings. The highest BCUT2D eigenvalue weighted by Gasteiger charge is 2.34. The molecule has 2 fully saturated rings. The highest BCUT2D eigenvalue weighted by atomic mass is 16.6. The van der Waals surface area contributed by atoms with Crippen molar-refractivity contribution in [3.05, 3.63) is 0 Å². The van der Waals surface area contributed by atoms with E-state index >= 15 is 0 Å². The third kappa shape index (κ3) is 4.35.